The molecule has 21 heavy (non-hydrogen) atoms. The molecule has 106 valence electrons. The number of imide groups is 1. The van der Waals surface area contributed by atoms with E-state index in [1.165, 1.54) is 12.1 Å². The minimum Gasteiger partial charge on any atom is -0.381 e. The Hall–Kier alpha value is -2.21. The molecular weight excluding hydrogens is 339 g/mol. The molecule has 1 heterocycles. The van der Waals surface area contributed by atoms with Gasteiger partial charge >= 0.3 is 0 Å². The molecule has 6 heteroatoms. The Morgan fingerprint density at radius 1 is 1.05 bits per heavy atom. The van der Waals surface area contributed by atoms with Crippen LogP contribution in [-0.4, -0.2) is 11.8 Å². The zero-order valence-corrected chi connectivity index (χ0v) is 12.3. The standard InChI is InChI=1S/C15H10BrFN2O2/c16-13-4-1-9(17)5-8(13)7-18-10-2-3-11-12(6-10)15(21)19-14(11)20/h1-6,18H,7H2,(H,19,20,21). The topological polar surface area (TPSA) is 58.2 Å². The third kappa shape index (κ3) is 2.67. The van der Waals surface area contributed by atoms with E-state index < -0.39 is 5.91 Å². The Kier molecular flexibility index (Phi) is 3.47. The molecule has 0 fully saturated rings. The number of carbonyl (C=O) groups excluding carboxylic acids is 2. The molecular formula is C15H10BrFN2O2. The number of rotatable bonds is 3. The minimum absolute atomic E-state index is 0.311. The van der Waals surface area contributed by atoms with Crippen molar-refractivity contribution in [3.63, 3.8) is 0 Å². The van der Waals surface area contributed by atoms with Crippen molar-refractivity contribution in [2.75, 3.05) is 5.32 Å². The SMILES string of the molecule is O=C1NC(=O)c2cc(NCc3cc(F)ccc3Br)ccc21. The van der Waals surface area contributed by atoms with Gasteiger partial charge in [0.25, 0.3) is 11.8 Å². The largest absolute Gasteiger partial charge is 0.381 e. The maximum absolute atomic E-state index is 13.2. The quantitative estimate of drug-likeness (QED) is 0.838. The Balaban J connectivity index is 1.80. The summed E-state index contributed by atoms with van der Waals surface area (Å²) in [4.78, 5) is 23.0. The summed E-state index contributed by atoms with van der Waals surface area (Å²) in [5, 5.41) is 5.34. The van der Waals surface area contributed by atoms with Crippen LogP contribution in [-0.2, 0) is 6.54 Å². The van der Waals surface area contributed by atoms with E-state index in [1.807, 2.05) is 0 Å². The first kappa shape index (κ1) is 13.8. The Labute approximate surface area is 128 Å². The molecule has 0 bridgehead atoms. The van der Waals surface area contributed by atoms with Gasteiger partial charge in [-0.1, -0.05) is 15.9 Å². The Bertz CT molecular complexity index is 761. The van der Waals surface area contributed by atoms with E-state index in [2.05, 4.69) is 26.6 Å². The number of benzene rings is 2. The van der Waals surface area contributed by atoms with Crippen LogP contribution < -0.4 is 10.6 Å². The molecule has 0 unspecified atom stereocenters. The third-order valence-corrected chi connectivity index (χ3v) is 4.00. The predicted octanol–water partition coefficient (Wildman–Crippen LogP) is 3.08. The average Bonchev–Trinajstić information content (AvgIpc) is 2.75. The molecule has 0 spiro atoms. The maximum Gasteiger partial charge on any atom is 0.259 e. The van der Waals surface area contributed by atoms with Gasteiger partial charge in [-0.25, -0.2) is 4.39 Å². The highest BCUT2D eigenvalue weighted by Crippen LogP contribution is 2.22. The average molecular weight is 349 g/mol. The van der Waals surface area contributed by atoms with Crippen LogP contribution in [0.4, 0.5) is 10.1 Å². The molecule has 2 aromatic rings. The smallest absolute Gasteiger partial charge is 0.259 e. The van der Waals surface area contributed by atoms with Crippen molar-refractivity contribution in [2.24, 2.45) is 0 Å². The summed E-state index contributed by atoms with van der Waals surface area (Å²) in [6, 6.07) is 9.37. The highest BCUT2D eigenvalue weighted by atomic mass is 79.9. The van der Waals surface area contributed by atoms with Crippen LogP contribution in [0.2, 0.25) is 0 Å². The van der Waals surface area contributed by atoms with Gasteiger partial charge in [0.05, 0.1) is 11.1 Å². The normalized spacial score (nSPS) is 13.0. The lowest BCUT2D eigenvalue weighted by atomic mass is 10.1. The van der Waals surface area contributed by atoms with Crippen molar-refractivity contribution < 1.29 is 14.0 Å². The van der Waals surface area contributed by atoms with E-state index >= 15 is 0 Å². The van der Waals surface area contributed by atoms with Gasteiger partial charge in [-0.15, -0.1) is 0 Å². The van der Waals surface area contributed by atoms with Gasteiger partial charge in [-0.3, -0.25) is 14.9 Å². The fourth-order valence-corrected chi connectivity index (χ4v) is 2.54. The van der Waals surface area contributed by atoms with E-state index in [4.69, 9.17) is 0 Å². The summed E-state index contributed by atoms with van der Waals surface area (Å²) in [7, 11) is 0. The number of anilines is 1. The molecule has 0 saturated carbocycles. The van der Waals surface area contributed by atoms with Crippen molar-refractivity contribution in [2.45, 2.75) is 6.54 Å². The second-order valence-electron chi connectivity index (χ2n) is 4.63. The number of amides is 2. The van der Waals surface area contributed by atoms with Crippen LogP contribution in [0.1, 0.15) is 26.3 Å². The van der Waals surface area contributed by atoms with Gasteiger partial charge in [0, 0.05) is 16.7 Å². The number of nitrogens with one attached hydrogen (secondary N) is 2. The highest BCUT2D eigenvalue weighted by Gasteiger charge is 2.26. The van der Waals surface area contributed by atoms with Gasteiger partial charge in [0.15, 0.2) is 0 Å². The van der Waals surface area contributed by atoms with Crippen molar-refractivity contribution in [1.29, 1.82) is 0 Å². The van der Waals surface area contributed by atoms with Crippen molar-refractivity contribution >= 4 is 33.4 Å². The lowest BCUT2D eigenvalue weighted by Gasteiger charge is -2.09. The van der Waals surface area contributed by atoms with Crippen molar-refractivity contribution in [3.05, 3.63) is 63.4 Å². The van der Waals surface area contributed by atoms with E-state index in [0.717, 1.165) is 10.0 Å². The minimum atomic E-state index is -0.398. The van der Waals surface area contributed by atoms with Crippen LogP contribution >= 0.6 is 15.9 Å². The fourth-order valence-electron chi connectivity index (χ4n) is 2.15. The van der Waals surface area contributed by atoms with Gasteiger partial charge in [-0.05, 0) is 42.0 Å². The number of hydrogen-bond acceptors (Lipinski definition) is 3. The number of carbonyl (C=O) groups is 2. The van der Waals surface area contributed by atoms with Crippen LogP contribution in [0.3, 0.4) is 0 Å². The first-order chi connectivity index (χ1) is 10.0. The summed E-state index contributed by atoms with van der Waals surface area (Å²) in [6.07, 6.45) is 0. The third-order valence-electron chi connectivity index (χ3n) is 3.23. The van der Waals surface area contributed by atoms with Crippen LogP contribution in [0.25, 0.3) is 0 Å². The molecule has 1 aliphatic rings. The van der Waals surface area contributed by atoms with Gasteiger partial charge < -0.3 is 5.32 Å². The lowest BCUT2D eigenvalue weighted by molar-refractivity contribution is 0.0879. The van der Waals surface area contributed by atoms with Gasteiger partial charge in [0.2, 0.25) is 0 Å². The molecule has 3 rings (SSSR count). The summed E-state index contributed by atoms with van der Waals surface area (Å²) in [6.45, 7) is 0.396. The molecule has 0 radical (unpaired) electrons. The van der Waals surface area contributed by atoms with E-state index in [9.17, 15) is 14.0 Å². The fraction of sp³-hybridized carbons (Fsp3) is 0.0667. The number of hydrogen-bond donors (Lipinski definition) is 2. The molecule has 2 N–H and O–H groups in total. The second kappa shape index (κ2) is 5.29. The maximum atomic E-state index is 13.2. The molecule has 2 aromatic carbocycles. The van der Waals surface area contributed by atoms with Crippen LogP contribution in [0.5, 0.6) is 0 Å². The van der Waals surface area contributed by atoms with Gasteiger partial charge in [-0.2, -0.15) is 0 Å². The summed E-state index contributed by atoms with van der Waals surface area (Å²) in [5.41, 5.74) is 2.17. The van der Waals surface area contributed by atoms with Crippen LogP contribution in [0, 0.1) is 5.82 Å². The van der Waals surface area contributed by atoms with E-state index in [1.54, 1.807) is 24.3 Å². The Morgan fingerprint density at radius 2 is 1.81 bits per heavy atom. The van der Waals surface area contributed by atoms with Crippen molar-refractivity contribution in [1.82, 2.24) is 5.32 Å². The monoisotopic (exact) mass is 348 g/mol. The predicted molar refractivity (Wildman–Crippen MR) is 79.7 cm³/mol. The number of fused-ring (bicyclic) bond motifs is 1. The van der Waals surface area contributed by atoms with Crippen LogP contribution in [0.15, 0.2) is 40.9 Å². The molecule has 0 aliphatic carbocycles. The van der Waals surface area contributed by atoms with Crippen molar-refractivity contribution in [3.8, 4) is 0 Å². The molecule has 1 aliphatic heterocycles. The highest BCUT2D eigenvalue weighted by molar-refractivity contribution is 9.10. The second-order valence-corrected chi connectivity index (χ2v) is 5.49. The van der Waals surface area contributed by atoms with E-state index in [0.29, 0.717) is 23.4 Å². The zero-order chi connectivity index (χ0) is 15.0. The zero-order valence-electron chi connectivity index (χ0n) is 10.7. The molecule has 0 saturated heterocycles. The Morgan fingerprint density at radius 3 is 2.62 bits per heavy atom. The summed E-state index contributed by atoms with van der Waals surface area (Å²) < 4.78 is 14.0. The summed E-state index contributed by atoms with van der Waals surface area (Å²) >= 11 is 3.36. The number of halogens is 2. The first-order valence-corrected chi connectivity index (χ1v) is 7.01. The van der Waals surface area contributed by atoms with E-state index in [-0.39, 0.29) is 11.7 Å². The molecule has 0 atom stereocenters. The van der Waals surface area contributed by atoms with Gasteiger partial charge in [0.1, 0.15) is 5.82 Å². The first-order valence-electron chi connectivity index (χ1n) is 6.22. The summed E-state index contributed by atoms with van der Waals surface area (Å²) in [5.74, 6) is -1.09. The molecule has 0 aromatic heterocycles. The lowest BCUT2D eigenvalue weighted by Crippen LogP contribution is -2.19. The molecule has 4 nitrogen and oxygen atoms in total. The molecule has 2 amide bonds.